The summed E-state index contributed by atoms with van der Waals surface area (Å²) in [5, 5.41) is 3.33. The van der Waals surface area contributed by atoms with E-state index in [4.69, 9.17) is 4.74 Å². The summed E-state index contributed by atoms with van der Waals surface area (Å²) < 4.78 is 5.56. The van der Waals surface area contributed by atoms with Gasteiger partial charge in [0.25, 0.3) is 0 Å². The summed E-state index contributed by atoms with van der Waals surface area (Å²) in [7, 11) is 2.01. The minimum absolute atomic E-state index is 0.322. The quantitative estimate of drug-likeness (QED) is 0.618. The fourth-order valence-electron chi connectivity index (χ4n) is 1.29. The molecule has 0 saturated heterocycles. The Kier molecular flexibility index (Phi) is 6.35. The number of hydrogen-bond acceptors (Lipinski definition) is 2. The molecule has 13 heavy (non-hydrogen) atoms. The van der Waals surface area contributed by atoms with E-state index >= 15 is 0 Å². The summed E-state index contributed by atoms with van der Waals surface area (Å²) in [5.41, 5.74) is 0.322. The van der Waals surface area contributed by atoms with Gasteiger partial charge in [-0.3, -0.25) is 0 Å². The SMILES string of the molecule is CCCOCC(NC)C(C)(C)CC. The Labute approximate surface area is 83.1 Å². The van der Waals surface area contributed by atoms with Crippen LogP contribution in [0.4, 0.5) is 0 Å². The van der Waals surface area contributed by atoms with Crippen molar-refractivity contribution in [3.05, 3.63) is 0 Å². The van der Waals surface area contributed by atoms with E-state index in [2.05, 4.69) is 33.0 Å². The fraction of sp³-hybridized carbons (Fsp3) is 1.00. The molecule has 1 atom stereocenters. The highest BCUT2D eigenvalue weighted by Gasteiger charge is 2.26. The van der Waals surface area contributed by atoms with Crippen molar-refractivity contribution in [2.75, 3.05) is 20.3 Å². The minimum Gasteiger partial charge on any atom is -0.380 e. The van der Waals surface area contributed by atoms with Crippen molar-refractivity contribution in [1.82, 2.24) is 5.32 Å². The molecular weight excluding hydrogens is 162 g/mol. The summed E-state index contributed by atoms with van der Waals surface area (Å²) in [6.07, 6.45) is 2.27. The molecule has 0 bridgehead atoms. The molecule has 2 heteroatoms. The minimum atomic E-state index is 0.322. The van der Waals surface area contributed by atoms with Gasteiger partial charge in [-0.15, -0.1) is 0 Å². The van der Waals surface area contributed by atoms with Crippen molar-refractivity contribution >= 4 is 0 Å². The lowest BCUT2D eigenvalue weighted by Gasteiger charge is -2.33. The zero-order valence-corrected chi connectivity index (χ0v) is 9.81. The van der Waals surface area contributed by atoms with Crippen molar-refractivity contribution in [1.29, 1.82) is 0 Å². The Morgan fingerprint density at radius 1 is 1.31 bits per heavy atom. The lowest BCUT2D eigenvalue weighted by Crippen LogP contribution is -2.43. The van der Waals surface area contributed by atoms with Gasteiger partial charge in [-0.1, -0.05) is 27.7 Å². The standard InChI is InChI=1S/C11H25NO/c1-6-8-13-9-10(12-5)11(3,4)7-2/h10,12H,6-9H2,1-5H3. The second-order valence-corrected chi connectivity index (χ2v) is 4.26. The Morgan fingerprint density at radius 3 is 2.31 bits per heavy atom. The van der Waals surface area contributed by atoms with Crippen molar-refractivity contribution in [3.63, 3.8) is 0 Å². The van der Waals surface area contributed by atoms with E-state index in [9.17, 15) is 0 Å². The third-order valence-corrected chi connectivity index (χ3v) is 2.84. The molecule has 0 aliphatic carbocycles. The monoisotopic (exact) mass is 187 g/mol. The maximum atomic E-state index is 5.56. The van der Waals surface area contributed by atoms with Gasteiger partial charge in [0.05, 0.1) is 6.61 Å². The molecule has 0 aliphatic rings. The topological polar surface area (TPSA) is 21.3 Å². The van der Waals surface area contributed by atoms with E-state index in [1.54, 1.807) is 0 Å². The lowest BCUT2D eigenvalue weighted by atomic mass is 9.82. The number of nitrogens with one attached hydrogen (secondary N) is 1. The van der Waals surface area contributed by atoms with Gasteiger partial charge in [-0.25, -0.2) is 0 Å². The first-order valence-electron chi connectivity index (χ1n) is 5.33. The third kappa shape index (κ3) is 4.63. The van der Waals surface area contributed by atoms with Crippen LogP contribution in [-0.4, -0.2) is 26.3 Å². The smallest absolute Gasteiger partial charge is 0.0624 e. The molecule has 0 aromatic carbocycles. The highest BCUT2D eigenvalue weighted by Crippen LogP contribution is 2.24. The zero-order valence-electron chi connectivity index (χ0n) is 9.81. The van der Waals surface area contributed by atoms with Crippen LogP contribution in [-0.2, 0) is 4.74 Å². The molecule has 0 radical (unpaired) electrons. The second kappa shape index (κ2) is 6.39. The van der Waals surface area contributed by atoms with E-state index < -0.39 is 0 Å². The molecule has 1 unspecified atom stereocenters. The summed E-state index contributed by atoms with van der Waals surface area (Å²) in [5.74, 6) is 0. The third-order valence-electron chi connectivity index (χ3n) is 2.84. The number of likely N-dealkylation sites (N-methyl/N-ethyl adjacent to an activating group) is 1. The Bertz CT molecular complexity index is 123. The molecule has 0 heterocycles. The van der Waals surface area contributed by atoms with E-state index in [-0.39, 0.29) is 0 Å². The van der Waals surface area contributed by atoms with E-state index in [1.165, 1.54) is 6.42 Å². The highest BCUT2D eigenvalue weighted by atomic mass is 16.5. The van der Waals surface area contributed by atoms with Crippen LogP contribution in [0.2, 0.25) is 0 Å². The molecule has 0 spiro atoms. The Morgan fingerprint density at radius 2 is 1.92 bits per heavy atom. The predicted molar refractivity (Wildman–Crippen MR) is 58.0 cm³/mol. The molecule has 2 nitrogen and oxygen atoms in total. The summed E-state index contributed by atoms with van der Waals surface area (Å²) in [6.45, 7) is 10.6. The Hall–Kier alpha value is -0.0800. The Balaban J connectivity index is 3.87. The first kappa shape index (κ1) is 12.9. The first-order chi connectivity index (χ1) is 6.08. The highest BCUT2D eigenvalue weighted by molar-refractivity contribution is 4.81. The van der Waals surface area contributed by atoms with Gasteiger partial charge in [0.1, 0.15) is 0 Å². The van der Waals surface area contributed by atoms with Crippen LogP contribution < -0.4 is 5.32 Å². The average Bonchev–Trinajstić information content (AvgIpc) is 2.12. The van der Waals surface area contributed by atoms with Crippen LogP contribution >= 0.6 is 0 Å². The summed E-state index contributed by atoms with van der Waals surface area (Å²) >= 11 is 0. The molecule has 0 amide bonds. The molecule has 0 saturated carbocycles. The van der Waals surface area contributed by atoms with Crippen LogP contribution in [0.5, 0.6) is 0 Å². The molecule has 0 aromatic heterocycles. The van der Waals surface area contributed by atoms with E-state index in [0.717, 1.165) is 19.6 Å². The van der Waals surface area contributed by atoms with Crippen LogP contribution in [0.25, 0.3) is 0 Å². The maximum absolute atomic E-state index is 5.56. The fourth-order valence-corrected chi connectivity index (χ4v) is 1.29. The maximum Gasteiger partial charge on any atom is 0.0624 e. The normalized spacial score (nSPS) is 14.5. The molecule has 1 N–H and O–H groups in total. The van der Waals surface area contributed by atoms with Gasteiger partial charge >= 0.3 is 0 Å². The van der Waals surface area contributed by atoms with Gasteiger partial charge in [0.15, 0.2) is 0 Å². The van der Waals surface area contributed by atoms with Crippen molar-refractivity contribution in [2.24, 2.45) is 5.41 Å². The molecule has 0 rings (SSSR count). The largest absolute Gasteiger partial charge is 0.380 e. The zero-order chi connectivity index (χ0) is 10.3. The van der Waals surface area contributed by atoms with Crippen molar-refractivity contribution < 1.29 is 4.74 Å². The van der Waals surface area contributed by atoms with Crippen LogP contribution in [0.3, 0.4) is 0 Å². The number of ether oxygens (including phenoxy) is 1. The molecular formula is C11H25NO. The molecule has 0 fully saturated rings. The van der Waals surface area contributed by atoms with Crippen LogP contribution in [0, 0.1) is 5.41 Å². The van der Waals surface area contributed by atoms with E-state index in [0.29, 0.717) is 11.5 Å². The summed E-state index contributed by atoms with van der Waals surface area (Å²) in [4.78, 5) is 0. The van der Waals surface area contributed by atoms with E-state index in [1.807, 2.05) is 7.05 Å². The second-order valence-electron chi connectivity index (χ2n) is 4.26. The van der Waals surface area contributed by atoms with Crippen LogP contribution in [0.15, 0.2) is 0 Å². The predicted octanol–water partition coefficient (Wildman–Crippen LogP) is 2.44. The van der Waals surface area contributed by atoms with Crippen molar-refractivity contribution in [2.45, 2.75) is 46.6 Å². The number of hydrogen-bond donors (Lipinski definition) is 1. The number of rotatable bonds is 7. The molecule has 0 aliphatic heterocycles. The first-order valence-corrected chi connectivity index (χ1v) is 5.33. The van der Waals surface area contributed by atoms with Gasteiger partial charge in [-0.05, 0) is 25.3 Å². The van der Waals surface area contributed by atoms with Gasteiger partial charge in [0, 0.05) is 12.6 Å². The molecule has 0 aromatic rings. The summed E-state index contributed by atoms with van der Waals surface area (Å²) in [6, 6.07) is 0.462. The van der Waals surface area contributed by atoms with Gasteiger partial charge in [0.2, 0.25) is 0 Å². The lowest BCUT2D eigenvalue weighted by molar-refractivity contribution is 0.0715. The van der Waals surface area contributed by atoms with Gasteiger partial charge < -0.3 is 10.1 Å². The average molecular weight is 187 g/mol. The molecule has 80 valence electrons. The van der Waals surface area contributed by atoms with Gasteiger partial charge in [-0.2, -0.15) is 0 Å². The van der Waals surface area contributed by atoms with Crippen molar-refractivity contribution in [3.8, 4) is 0 Å². The van der Waals surface area contributed by atoms with Crippen LogP contribution in [0.1, 0.15) is 40.5 Å².